The quantitative estimate of drug-likeness (QED) is 0.148. The molecule has 1 fully saturated rings. The van der Waals surface area contributed by atoms with E-state index >= 15 is 0 Å². The number of rotatable bonds is 6. The topological polar surface area (TPSA) is 107 Å². The first-order valence-electron chi connectivity index (χ1n) is 18.1. The first kappa shape index (κ1) is 36.5. The Morgan fingerprint density at radius 2 is 1.78 bits per heavy atom. The van der Waals surface area contributed by atoms with Crippen LogP contribution in [0.1, 0.15) is 92.2 Å². The van der Waals surface area contributed by atoms with Gasteiger partial charge in [-0.2, -0.15) is 5.10 Å². The van der Waals surface area contributed by atoms with Crippen LogP contribution in [0, 0.1) is 12.7 Å². The zero-order valence-corrected chi connectivity index (χ0v) is 30.1. The van der Waals surface area contributed by atoms with Crippen LogP contribution < -0.4 is 0 Å². The zero-order chi connectivity index (χ0) is 35.9. The molecule has 2 bridgehead atoms. The molecule has 0 spiro atoms. The van der Waals surface area contributed by atoms with Gasteiger partial charge >= 0.3 is 0 Å². The summed E-state index contributed by atoms with van der Waals surface area (Å²) in [6, 6.07) is 7.95. The zero-order valence-electron chi connectivity index (χ0n) is 29.4. The van der Waals surface area contributed by atoms with Crippen molar-refractivity contribution in [2.75, 3.05) is 13.2 Å². The van der Waals surface area contributed by atoms with Crippen molar-refractivity contribution < 1.29 is 23.5 Å². The van der Waals surface area contributed by atoms with Crippen LogP contribution in [0.2, 0.25) is 5.02 Å². The number of carbonyl (C=O) groups excluding carboxylic acids is 3. The van der Waals surface area contributed by atoms with Crippen molar-refractivity contribution in [3.63, 3.8) is 0 Å². The Morgan fingerprint density at radius 1 is 1.02 bits per heavy atom. The van der Waals surface area contributed by atoms with Crippen molar-refractivity contribution in [3.05, 3.63) is 88.4 Å². The summed E-state index contributed by atoms with van der Waals surface area (Å²) >= 11 is 6.00. The smallest absolute Gasteiger partial charge is 0.245 e. The molecule has 11 heteroatoms. The monoisotopic (exact) mass is 713 g/mol. The molecule has 2 aromatic heterocycles. The van der Waals surface area contributed by atoms with E-state index in [0.717, 1.165) is 67.2 Å². The highest BCUT2D eigenvalue weighted by Crippen LogP contribution is 2.32. The van der Waals surface area contributed by atoms with E-state index in [4.69, 9.17) is 21.4 Å². The molecule has 2 aliphatic heterocycles. The summed E-state index contributed by atoms with van der Waals surface area (Å²) in [4.78, 5) is 51.5. The van der Waals surface area contributed by atoms with Crippen molar-refractivity contribution in [3.8, 4) is 11.1 Å². The highest BCUT2D eigenvalue weighted by molar-refractivity contribution is 6.30. The Kier molecular flexibility index (Phi) is 12.0. The van der Waals surface area contributed by atoms with Gasteiger partial charge in [-0.3, -0.25) is 19.1 Å². The number of aromatic nitrogens is 4. The largest absolute Gasteiger partial charge is 0.376 e. The van der Waals surface area contributed by atoms with Crippen molar-refractivity contribution in [2.45, 2.75) is 103 Å². The summed E-state index contributed by atoms with van der Waals surface area (Å²) in [6.45, 7) is 4.00. The summed E-state index contributed by atoms with van der Waals surface area (Å²) in [5.74, 6) is -0.551. The minimum Gasteiger partial charge on any atom is -0.376 e. The van der Waals surface area contributed by atoms with Crippen molar-refractivity contribution in [1.82, 2.24) is 24.6 Å². The van der Waals surface area contributed by atoms with Crippen molar-refractivity contribution in [1.29, 1.82) is 0 Å². The highest BCUT2D eigenvalue weighted by Gasteiger charge is 2.42. The minimum atomic E-state index is -0.808. The van der Waals surface area contributed by atoms with Crippen molar-refractivity contribution >= 4 is 40.0 Å². The average Bonchev–Trinajstić information content (AvgIpc) is 3.71. The van der Waals surface area contributed by atoms with Crippen LogP contribution in [-0.4, -0.2) is 67.4 Å². The number of fused-ring (bicyclic) bond motifs is 2. The van der Waals surface area contributed by atoms with Gasteiger partial charge in [-0.25, -0.2) is 14.4 Å². The van der Waals surface area contributed by atoms with Gasteiger partial charge < -0.3 is 9.64 Å². The molecule has 0 aliphatic carbocycles. The molecule has 0 saturated carbocycles. The third-order valence-electron chi connectivity index (χ3n) is 9.91. The Bertz CT molecular complexity index is 1920. The molecule has 4 aromatic rings. The van der Waals surface area contributed by atoms with E-state index in [9.17, 15) is 18.8 Å². The average molecular weight is 714 g/mol. The van der Waals surface area contributed by atoms with Gasteiger partial charge in [0.25, 0.3) is 0 Å². The maximum absolute atomic E-state index is 14.7. The van der Waals surface area contributed by atoms with E-state index in [0.29, 0.717) is 42.8 Å². The number of hydrogen-bond acceptors (Lipinski definition) is 7. The number of hydrogen-bond donors (Lipinski definition) is 0. The Balaban J connectivity index is 1.36. The van der Waals surface area contributed by atoms with E-state index < -0.39 is 18.0 Å². The van der Waals surface area contributed by atoms with Gasteiger partial charge in [-0.05, 0) is 86.8 Å². The molecule has 0 unspecified atom stereocenters. The molecule has 9 nitrogen and oxygen atoms in total. The number of ketones is 2. The molecule has 1 saturated heterocycles. The molecular formula is C40H45ClFN5O4. The van der Waals surface area contributed by atoms with E-state index in [-0.39, 0.29) is 47.6 Å². The number of benzene rings is 2. The van der Waals surface area contributed by atoms with E-state index in [1.54, 1.807) is 34.1 Å². The standard InChI is InChI=1S/C40H45ClFN5O4/c1-26(48)38-32-22-30(31-23-43-27(2)44-24-31)21-29-13-10-8-6-4-3-5-7-9-11-20-51-35-18-19-46(36(50)25-47(45-38)39(29)32)40(35)34(49)17-16-28-14-12-15-33(41)37(28)42/h6,8,12,14-15,21-24,35,40H,3-5,7,9-11,13,16-20,25H2,1-2H3/b8-6+/t35-,40-/m1/s1. The van der Waals surface area contributed by atoms with Crippen LogP contribution in [0.15, 0.2) is 54.9 Å². The second kappa shape index (κ2) is 16.8. The molecule has 51 heavy (non-hydrogen) atoms. The predicted octanol–water partition coefficient (Wildman–Crippen LogP) is 7.83. The number of nitrogens with zero attached hydrogens (tertiary/aromatic N) is 5. The van der Waals surface area contributed by atoms with Gasteiger partial charge in [0.1, 0.15) is 29.9 Å². The van der Waals surface area contributed by atoms with Gasteiger partial charge in [0.2, 0.25) is 5.91 Å². The molecular weight excluding hydrogens is 669 g/mol. The molecule has 0 N–H and O–H groups in total. The number of ether oxygens (including phenoxy) is 1. The fourth-order valence-corrected chi connectivity index (χ4v) is 7.44. The van der Waals surface area contributed by atoms with Gasteiger partial charge in [0.15, 0.2) is 11.6 Å². The molecule has 2 aromatic carbocycles. The molecule has 0 radical (unpaired) electrons. The minimum absolute atomic E-state index is 0.0101. The van der Waals surface area contributed by atoms with Gasteiger partial charge in [-0.1, -0.05) is 55.1 Å². The Morgan fingerprint density at radius 3 is 2.59 bits per heavy atom. The number of halogens is 2. The van der Waals surface area contributed by atoms with Crippen LogP contribution in [0.3, 0.4) is 0 Å². The lowest BCUT2D eigenvalue weighted by atomic mass is 9.97. The fraction of sp³-hybridized carbons (Fsp3) is 0.450. The van der Waals surface area contributed by atoms with Crippen LogP contribution in [0.4, 0.5) is 4.39 Å². The summed E-state index contributed by atoms with van der Waals surface area (Å²) in [7, 11) is 0. The number of carbonyl (C=O) groups is 3. The van der Waals surface area contributed by atoms with Crippen molar-refractivity contribution in [2.24, 2.45) is 0 Å². The molecule has 2 atom stereocenters. The molecule has 1 amide bonds. The second-order valence-corrected chi connectivity index (χ2v) is 14.0. The number of Topliss-reactive ketones (excluding diaryl/α,β-unsaturated/α-hetero) is 2. The predicted molar refractivity (Wildman–Crippen MR) is 195 cm³/mol. The Hall–Kier alpha value is -4.28. The number of allylic oxidation sites excluding steroid dienone is 2. The third kappa shape index (κ3) is 8.61. The SMILES string of the molecule is CC(=O)c1nn2c3c(cc(-c4cnc(C)nc4)cc13)CC/C=C/CCCCCCCO[C@@H]1CCN(C(=O)C2)[C@@H]1C(=O)CCc1cccc(Cl)c1F. The normalized spacial score (nSPS) is 20.0. The fourth-order valence-electron chi connectivity index (χ4n) is 7.25. The van der Waals surface area contributed by atoms with Crippen LogP contribution in [-0.2, 0) is 33.7 Å². The van der Waals surface area contributed by atoms with Crippen LogP contribution in [0.5, 0.6) is 0 Å². The molecule has 6 rings (SSSR count). The van der Waals surface area contributed by atoms with E-state index in [1.165, 1.54) is 13.0 Å². The Labute approximate surface area is 303 Å². The summed E-state index contributed by atoms with van der Waals surface area (Å²) < 4.78 is 22.6. The highest BCUT2D eigenvalue weighted by atomic mass is 35.5. The maximum Gasteiger partial charge on any atom is 0.245 e. The third-order valence-corrected chi connectivity index (χ3v) is 10.2. The molecule has 4 heterocycles. The van der Waals surface area contributed by atoms with Crippen LogP contribution >= 0.6 is 11.6 Å². The lowest BCUT2D eigenvalue weighted by Gasteiger charge is -2.27. The molecule has 2 aliphatic rings. The van der Waals surface area contributed by atoms with E-state index in [2.05, 4.69) is 28.2 Å². The maximum atomic E-state index is 14.7. The first-order chi connectivity index (χ1) is 24.7. The lowest BCUT2D eigenvalue weighted by Crippen LogP contribution is -2.47. The summed E-state index contributed by atoms with van der Waals surface area (Å²) in [5.41, 5.74) is 4.00. The van der Waals surface area contributed by atoms with Gasteiger partial charge in [-0.15, -0.1) is 0 Å². The summed E-state index contributed by atoms with van der Waals surface area (Å²) in [6.07, 6.45) is 16.0. The number of amides is 1. The first-order valence-corrected chi connectivity index (χ1v) is 18.4. The van der Waals surface area contributed by atoms with E-state index in [1.807, 2.05) is 13.0 Å². The summed E-state index contributed by atoms with van der Waals surface area (Å²) in [5, 5.41) is 5.39. The van der Waals surface area contributed by atoms with Gasteiger partial charge in [0, 0.05) is 49.8 Å². The lowest BCUT2D eigenvalue weighted by molar-refractivity contribution is -0.141. The molecule has 268 valence electrons. The van der Waals surface area contributed by atoms with Crippen LogP contribution in [0.25, 0.3) is 22.0 Å². The number of aryl methyl sites for hydroxylation is 3. The van der Waals surface area contributed by atoms with Gasteiger partial charge in [0.05, 0.1) is 16.6 Å². The second-order valence-electron chi connectivity index (χ2n) is 13.6.